The molecule has 1 aliphatic heterocycles. The van der Waals surface area contributed by atoms with E-state index in [2.05, 4.69) is 26.8 Å². The van der Waals surface area contributed by atoms with E-state index in [0.29, 0.717) is 6.54 Å². The Hall–Kier alpha value is -1.55. The minimum atomic E-state index is -3.79. The summed E-state index contributed by atoms with van der Waals surface area (Å²) in [5.74, 6) is -1.33. The molecule has 29 heavy (non-hydrogen) atoms. The van der Waals surface area contributed by atoms with Gasteiger partial charge in [0.1, 0.15) is 5.82 Å². The molecule has 1 amide bonds. The third-order valence-electron chi connectivity index (χ3n) is 4.98. The van der Waals surface area contributed by atoms with E-state index in [1.54, 1.807) is 13.8 Å². The molecule has 0 atom stereocenters. The summed E-state index contributed by atoms with van der Waals surface area (Å²) in [6, 6.07) is 2.96. The number of hydrogen-bond acceptors (Lipinski definition) is 5. The van der Waals surface area contributed by atoms with Crippen LogP contribution in [0.4, 0.5) is 4.39 Å². The van der Waals surface area contributed by atoms with E-state index < -0.39 is 21.7 Å². The van der Waals surface area contributed by atoms with Gasteiger partial charge in [0.05, 0.1) is 10.5 Å². The summed E-state index contributed by atoms with van der Waals surface area (Å²) in [6.45, 7) is 12.4. The number of benzene rings is 1. The van der Waals surface area contributed by atoms with Gasteiger partial charge in [-0.15, -0.1) is 0 Å². The second kappa shape index (κ2) is 11.0. The zero-order valence-electron chi connectivity index (χ0n) is 17.6. The number of rotatable bonds is 10. The first-order chi connectivity index (χ1) is 13.7. The highest BCUT2D eigenvalue weighted by atomic mass is 32.2. The monoisotopic (exact) mass is 428 g/mol. The quantitative estimate of drug-likeness (QED) is 0.554. The molecule has 2 rings (SSSR count). The van der Waals surface area contributed by atoms with Gasteiger partial charge in [0.25, 0.3) is 5.91 Å². The summed E-state index contributed by atoms with van der Waals surface area (Å²) >= 11 is 0. The molecule has 0 aromatic heterocycles. The van der Waals surface area contributed by atoms with E-state index in [0.717, 1.165) is 70.3 Å². The lowest BCUT2D eigenvalue weighted by atomic mass is 10.2. The molecule has 1 aliphatic rings. The molecule has 164 valence electrons. The normalized spacial score (nSPS) is 16.3. The highest BCUT2D eigenvalue weighted by molar-refractivity contribution is 7.89. The van der Waals surface area contributed by atoms with Gasteiger partial charge in [-0.2, -0.15) is 0 Å². The lowest BCUT2D eigenvalue weighted by Crippen LogP contribution is -2.46. The number of piperazine rings is 1. The minimum Gasteiger partial charge on any atom is -0.352 e. The topological polar surface area (TPSA) is 81.8 Å². The van der Waals surface area contributed by atoms with Crippen molar-refractivity contribution >= 4 is 15.9 Å². The number of sulfonamides is 1. The van der Waals surface area contributed by atoms with Gasteiger partial charge in [-0.1, -0.05) is 6.92 Å². The molecule has 0 radical (unpaired) electrons. The van der Waals surface area contributed by atoms with Crippen molar-refractivity contribution in [3.63, 3.8) is 0 Å². The number of unbranched alkanes of at least 4 members (excludes halogenated alkanes) is 1. The fourth-order valence-electron chi connectivity index (χ4n) is 3.31. The SMILES string of the molecule is CCN1CCN(CCCCNC(=O)c2cc(S(=O)(=O)NC(C)C)ccc2F)CC1. The molecule has 2 N–H and O–H groups in total. The Morgan fingerprint density at radius 3 is 2.41 bits per heavy atom. The minimum absolute atomic E-state index is 0.121. The summed E-state index contributed by atoms with van der Waals surface area (Å²) in [7, 11) is -3.79. The molecule has 1 aromatic rings. The average Bonchev–Trinajstić information content (AvgIpc) is 2.67. The molecule has 0 saturated carbocycles. The summed E-state index contributed by atoms with van der Waals surface area (Å²) in [6.07, 6.45) is 1.73. The second-order valence-corrected chi connectivity index (χ2v) is 9.37. The zero-order valence-corrected chi connectivity index (χ0v) is 18.4. The van der Waals surface area contributed by atoms with Crippen molar-refractivity contribution in [1.29, 1.82) is 0 Å². The van der Waals surface area contributed by atoms with Crippen molar-refractivity contribution in [1.82, 2.24) is 19.8 Å². The predicted octanol–water partition coefficient (Wildman–Crippen LogP) is 1.66. The number of nitrogens with one attached hydrogen (secondary N) is 2. The Kier molecular flexibility index (Phi) is 9.01. The fraction of sp³-hybridized carbons (Fsp3) is 0.650. The highest BCUT2D eigenvalue weighted by Crippen LogP contribution is 2.15. The Bertz CT molecular complexity index is 778. The number of amides is 1. The molecule has 7 nitrogen and oxygen atoms in total. The van der Waals surface area contributed by atoms with Crippen molar-refractivity contribution in [2.45, 2.75) is 44.6 Å². The number of carbonyl (C=O) groups excluding carboxylic acids is 1. The maximum atomic E-state index is 14.1. The van der Waals surface area contributed by atoms with Crippen LogP contribution >= 0.6 is 0 Å². The molecule has 0 unspecified atom stereocenters. The third-order valence-corrected chi connectivity index (χ3v) is 6.64. The van der Waals surface area contributed by atoms with E-state index in [4.69, 9.17) is 0 Å². The fourth-order valence-corrected chi connectivity index (χ4v) is 4.59. The van der Waals surface area contributed by atoms with E-state index >= 15 is 0 Å². The molecular formula is C20H33FN4O3S. The Morgan fingerprint density at radius 1 is 1.14 bits per heavy atom. The molecular weight excluding hydrogens is 395 g/mol. The van der Waals surface area contributed by atoms with E-state index in [1.165, 1.54) is 0 Å². The molecule has 9 heteroatoms. The summed E-state index contributed by atoms with van der Waals surface area (Å²) in [4.78, 5) is 17.0. The van der Waals surface area contributed by atoms with Crippen LogP contribution in [-0.4, -0.2) is 76.0 Å². The van der Waals surface area contributed by atoms with Crippen LogP contribution < -0.4 is 10.0 Å². The first-order valence-corrected chi connectivity index (χ1v) is 11.8. The first kappa shape index (κ1) is 23.7. The Morgan fingerprint density at radius 2 is 1.79 bits per heavy atom. The molecule has 0 spiro atoms. The van der Waals surface area contributed by atoms with E-state index in [-0.39, 0.29) is 16.5 Å². The lowest BCUT2D eigenvalue weighted by Gasteiger charge is -2.33. The van der Waals surface area contributed by atoms with Crippen molar-refractivity contribution in [2.24, 2.45) is 0 Å². The van der Waals surface area contributed by atoms with Gasteiger partial charge >= 0.3 is 0 Å². The molecule has 1 fully saturated rings. The summed E-state index contributed by atoms with van der Waals surface area (Å²) < 4.78 is 41.0. The van der Waals surface area contributed by atoms with Gasteiger partial charge in [-0.25, -0.2) is 17.5 Å². The smallest absolute Gasteiger partial charge is 0.254 e. The molecule has 1 saturated heterocycles. The number of nitrogens with zero attached hydrogens (tertiary/aromatic N) is 2. The van der Waals surface area contributed by atoms with Gasteiger partial charge in [0.2, 0.25) is 10.0 Å². The van der Waals surface area contributed by atoms with Crippen molar-refractivity contribution in [3.05, 3.63) is 29.6 Å². The van der Waals surface area contributed by atoms with Crippen molar-refractivity contribution in [2.75, 3.05) is 45.8 Å². The van der Waals surface area contributed by atoms with Crippen LogP contribution in [0.15, 0.2) is 23.1 Å². The number of halogens is 1. The van der Waals surface area contributed by atoms with Crippen molar-refractivity contribution in [3.8, 4) is 0 Å². The van der Waals surface area contributed by atoms with Crippen LogP contribution in [0.1, 0.15) is 44.0 Å². The summed E-state index contributed by atoms with van der Waals surface area (Å²) in [5, 5.41) is 2.69. The number of hydrogen-bond donors (Lipinski definition) is 2. The maximum absolute atomic E-state index is 14.1. The Balaban J connectivity index is 1.81. The number of likely N-dealkylation sites (N-methyl/N-ethyl adjacent to an activating group) is 1. The lowest BCUT2D eigenvalue weighted by molar-refractivity contribution is 0.0947. The number of carbonyl (C=O) groups is 1. The van der Waals surface area contributed by atoms with Crippen molar-refractivity contribution < 1.29 is 17.6 Å². The Labute approximate surface area is 173 Å². The van der Waals surface area contributed by atoms with Crippen LogP contribution in [0.25, 0.3) is 0 Å². The van der Waals surface area contributed by atoms with Crippen LogP contribution in [0, 0.1) is 5.82 Å². The molecule has 1 heterocycles. The summed E-state index contributed by atoms with van der Waals surface area (Å²) in [5.41, 5.74) is -0.257. The second-order valence-electron chi connectivity index (χ2n) is 7.66. The molecule has 1 aromatic carbocycles. The van der Waals surface area contributed by atoms with Crippen LogP contribution in [-0.2, 0) is 10.0 Å². The standard InChI is InChI=1S/C20H33FN4O3S/c1-4-24-11-13-25(14-12-24)10-6-5-9-22-20(26)18-15-17(7-8-19(18)21)29(27,28)23-16(2)3/h7-8,15-16,23H,4-6,9-14H2,1-3H3,(H,22,26). The zero-order chi connectivity index (χ0) is 21.4. The van der Waals surface area contributed by atoms with Crippen LogP contribution in [0.2, 0.25) is 0 Å². The van der Waals surface area contributed by atoms with Crippen LogP contribution in [0.3, 0.4) is 0 Å². The predicted molar refractivity (Wildman–Crippen MR) is 112 cm³/mol. The highest BCUT2D eigenvalue weighted by Gasteiger charge is 2.20. The molecule has 0 bridgehead atoms. The van der Waals surface area contributed by atoms with Gasteiger partial charge in [0, 0.05) is 38.8 Å². The van der Waals surface area contributed by atoms with Gasteiger partial charge in [-0.05, 0) is 58.0 Å². The third kappa shape index (κ3) is 7.33. The van der Waals surface area contributed by atoms with E-state index in [1.807, 2.05) is 0 Å². The average molecular weight is 429 g/mol. The van der Waals surface area contributed by atoms with Gasteiger partial charge < -0.3 is 15.1 Å². The first-order valence-electron chi connectivity index (χ1n) is 10.3. The molecule has 0 aliphatic carbocycles. The van der Waals surface area contributed by atoms with Gasteiger partial charge in [0.15, 0.2) is 0 Å². The van der Waals surface area contributed by atoms with Crippen LogP contribution in [0.5, 0.6) is 0 Å². The van der Waals surface area contributed by atoms with Gasteiger partial charge in [-0.3, -0.25) is 4.79 Å². The van der Waals surface area contributed by atoms with E-state index in [9.17, 15) is 17.6 Å². The maximum Gasteiger partial charge on any atom is 0.254 e. The largest absolute Gasteiger partial charge is 0.352 e.